The fourth-order valence-corrected chi connectivity index (χ4v) is 2.97. The summed E-state index contributed by atoms with van der Waals surface area (Å²) in [6, 6.07) is 2.28. The van der Waals surface area contributed by atoms with E-state index in [4.69, 9.17) is 17.4 Å². The van der Waals surface area contributed by atoms with Gasteiger partial charge in [0.2, 0.25) is 0 Å². The van der Waals surface area contributed by atoms with Crippen LogP contribution in [0.4, 0.5) is 0 Å². The van der Waals surface area contributed by atoms with Crippen LogP contribution >= 0.6 is 22.9 Å². The second kappa shape index (κ2) is 5.84. The molecule has 2 heterocycles. The van der Waals surface area contributed by atoms with E-state index in [1.807, 2.05) is 14.0 Å². The smallest absolute Gasteiger partial charge is 0.130 e. The standard InChI is InChI=1S/C12H17ClN4S/c1-8-11(12(13)17(2)16-8)6-10(15-14)5-9-3-4-18-7-9/h3-4,7,10,15H,5-6,14H2,1-2H3. The molecule has 0 aliphatic carbocycles. The number of thiophene rings is 1. The Balaban J connectivity index is 2.10. The molecule has 2 aromatic heterocycles. The van der Waals surface area contributed by atoms with Gasteiger partial charge in [0.25, 0.3) is 0 Å². The number of rotatable bonds is 5. The van der Waals surface area contributed by atoms with Crippen molar-refractivity contribution in [2.24, 2.45) is 12.9 Å². The first-order valence-electron chi connectivity index (χ1n) is 5.77. The van der Waals surface area contributed by atoms with Crippen LogP contribution in [0.3, 0.4) is 0 Å². The van der Waals surface area contributed by atoms with Gasteiger partial charge in [0.1, 0.15) is 5.15 Å². The molecule has 98 valence electrons. The van der Waals surface area contributed by atoms with Gasteiger partial charge in [0.05, 0.1) is 5.69 Å². The molecular weight excluding hydrogens is 268 g/mol. The maximum Gasteiger partial charge on any atom is 0.130 e. The van der Waals surface area contributed by atoms with E-state index in [9.17, 15) is 0 Å². The van der Waals surface area contributed by atoms with E-state index in [1.54, 1.807) is 16.0 Å². The number of aromatic nitrogens is 2. The van der Waals surface area contributed by atoms with Gasteiger partial charge < -0.3 is 0 Å². The van der Waals surface area contributed by atoms with Gasteiger partial charge in [-0.1, -0.05) is 11.6 Å². The molecule has 1 atom stereocenters. The molecule has 3 N–H and O–H groups in total. The van der Waals surface area contributed by atoms with Gasteiger partial charge >= 0.3 is 0 Å². The minimum absolute atomic E-state index is 0.167. The van der Waals surface area contributed by atoms with Crippen molar-refractivity contribution in [1.82, 2.24) is 15.2 Å². The third kappa shape index (κ3) is 2.92. The lowest BCUT2D eigenvalue weighted by Crippen LogP contribution is -2.38. The zero-order chi connectivity index (χ0) is 13.1. The topological polar surface area (TPSA) is 55.9 Å². The summed E-state index contributed by atoms with van der Waals surface area (Å²) in [5, 5.41) is 9.22. The summed E-state index contributed by atoms with van der Waals surface area (Å²) in [5.74, 6) is 5.63. The third-order valence-corrected chi connectivity index (χ3v) is 4.22. The van der Waals surface area contributed by atoms with Crippen molar-refractivity contribution in [3.05, 3.63) is 38.8 Å². The predicted molar refractivity (Wildman–Crippen MR) is 75.8 cm³/mol. The Morgan fingerprint density at radius 2 is 2.33 bits per heavy atom. The van der Waals surface area contributed by atoms with Crippen LogP contribution in [0, 0.1) is 6.92 Å². The van der Waals surface area contributed by atoms with Gasteiger partial charge in [-0.2, -0.15) is 16.4 Å². The molecule has 0 saturated carbocycles. The number of hydrogen-bond donors (Lipinski definition) is 2. The molecule has 4 nitrogen and oxygen atoms in total. The molecule has 2 aromatic rings. The van der Waals surface area contributed by atoms with Gasteiger partial charge in [-0.05, 0) is 42.2 Å². The van der Waals surface area contributed by atoms with Crippen molar-refractivity contribution >= 4 is 22.9 Å². The Morgan fingerprint density at radius 1 is 1.56 bits per heavy atom. The highest BCUT2D eigenvalue weighted by atomic mass is 35.5. The molecule has 0 spiro atoms. The van der Waals surface area contributed by atoms with Crippen LogP contribution in [0.5, 0.6) is 0 Å². The molecule has 0 aliphatic rings. The molecule has 0 fully saturated rings. The van der Waals surface area contributed by atoms with Gasteiger partial charge in [0.15, 0.2) is 0 Å². The molecule has 0 amide bonds. The largest absolute Gasteiger partial charge is 0.271 e. The first-order valence-corrected chi connectivity index (χ1v) is 7.09. The monoisotopic (exact) mass is 284 g/mol. The van der Waals surface area contributed by atoms with E-state index in [1.165, 1.54) is 5.56 Å². The van der Waals surface area contributed by atoms with Crippen LogP contribution in [-0.4, -0.2) is 15.8 Å². The number of aryl methyl sites for hydroxylation is 2. The van der Waals surface area contributed by atoms with Gasteiger partial charge in [-0.3, -0.25) is 16.0 Å². The highest BCUT2D eigenvalue weighted by molar-refractivity contribution is 7.07. The predicted octanol–water partition coefficient (Wildman–Crippen LogP) is 2.06. The summed E-state index contributed by atoms with van der Waals surface area (Å²) in [5.41, 5.74) is 6.19. The Labute approximate surface area is 116 Å². The molecule has 1 unspecified atom stereocenters. The van der Waals surface area contributed by atoms with Crippen molar-refractivity contribution in [3.63, 3.8) is 0 Å². The quantitative estimate of drug-likeness (QED) is 0.653. The van der Waals surface area contributed by atoms with Crippen molar-refractivity contribution in [2.45, 2.75) is 25.8 Å². The minimum Gasteiger partial charge on any atom is -0.271 e. The Bertz CT molecular complexity index is 506. The first-order chi connectivity index (χ1) is 8.61. The zero-order valence-corrected chi connectivity index (χ0v) is 12.1. The second-order valence-electron chi connectivity index (χ2n) is 4.38. The van der Waals surface area contributed by atoms with E-state index in [0.717, 1.165) is 24.1 Å². The van der Waals surface area contributed by atoms with Crippen LogP contribution in [0.25, 0.3) is 0 Å². The fourth-order valence-electron chi connectivity index (χ4n) is 2.04. The first kappa shape index (κ1) is 13.5. The van der Waals surface area contributed by atoms with Crippen LogP contribution < -0.4 is 11.3 Å². The Kier molecular flexibility index (Phi) is 4.40. The fraction of sp³-hybridized carbons (Fsp3) is 0.417. The van der Waals surface area contributed by atoms with Crippen LogP contribution in [0.2, 0.25) is 5.15 Å². The summed E-state index contributed by atoms with van der Waals surface area (Å²) in [6.07, 6.45) is 1.68. The average Bonchev–Trinajstić information content (AvgIpc) is 2.92. The lowest BCUT2D eigenvalue weighted by molar-refractivity contribution is 0.522. The van der Waals surface area contributed by atoms with Crippen molar-refractivity contribution in [1.29, 1.82) is 0 Å². The SMILES string of the molecule is Cc1nn(C)c(Cl)c1CC(Cc1ccsc1)NN. The maximum atomic E-state index is 6.23. The van der Waals surface area contributed by atoms with Gasteiger partial charge in [-0.15, -0.1) is 0 Å². The van der Waals surface area contributed by atoms with Gasteiger partial charge in [-0.25, -0.2) is 0 Å². The number of nitrogens with two attached hydrogens (primary N) is 1. The van der Waals surface area contributed by atoms with Crippen LogP contribution in [0.1, 0.15) is 16.8 Å². The Hall–Kier alpha value is -0.880. The summed E-state index contributed by atoms with van der Waals surface area (Å²) >= 11 is 7.93. The number of halogens is 1. The number of hydrazine groups is 1. The summed E-state index contributed by atoms with van der Waals surface area (Å²) in [4.78, 5) is 0. The van der Waals surface area contributed by atoms with Crippen LogP contribution in [0.15, 0.2) is 16.8 Å². The minimum atomic E-state index is 0.167. The van der Waals surface area contributed by atoms with E-state index < -0.39 is 0 Å². The highest BCUT2D eigenvalue weighted by Crippen LogP contribution is 2.21. The summed E-state index contributed by atoms with van der Waals surface area (Å²) < 4.78 is 1.70. The number of nitrogens with one attached hydrogen (secondary N) is 1. The number of nitrogens with zero attached hydrogens (tertiary/aromatic N) is 2. The Morgan fingerprint density at radius 3 is 2.83 bits per heavy atom. The third-order valence-electron chi connectivity index (χ3n) is 3.02. The van der Waals surface area contributed by atoms with Gasteiger partial charge in [0, 0.05) is 18.7 Å². The maximum absolute atomic E-state index is 6.23. The highest BCUT2D eigenvalue weighted by Gasteiger charge is 2.16. The van der Waals surface area contributed by atoms with E-state index >= 15 is 0 Å². The number of hydrogen-bond acceptors (Lipinski definition) is 4. The molecule has 0 bridgehead atoms. The van der Waals surface area contributed by atoms with Crippen molar-refractivity contribution in [3.8, 4) is 0 Å². The molecule has 6 heteroatoms. The molecule has 0 saturated heterocycles. The average molecular weight is 285 g/mol. The molecule has 0 aliphatic heterocycles. The summed E-state index contributed by atoms with van der Waals surface area (Å²) in [7, 11) is 1.85. The van der Waals surface area contributed by atoms with E-state index in [2.05, 4.69) is 27.4 Å². The molecule has 0 radical (unpaired) electrons. The lowest BCUT2D eigenvalue weighted by Gasteiger charge is -2.15. The molecule has 0 aromatic carbocycles. The van der Waals surface area contributed by atoms with E-state index in [-0.39, 0.29) is 6.04 Å². The zero-order valence-electron chi connectivity index (χ0n) is 10.5. The lowest BCUT2D eigenvalue weighted by atomic mass is 10.0. The molecule has 18 heavy (non-hydrogen) atoms. The second-order valence-corrected chi connectivity index (χ2v) is 5.52. The van der Waals surface area contributed by atoms with Crippen molar-refractivity contribution < 1.29 is 0 Å². The van der Waals surface area contributed by atoms with Crippen molar-refractivity contribution in [2.75, 3.05) is 0 Å². The van der Waals surface area contributed by atoms with Crippen LogP contribution in [-0.2, 0) is 19.9 Å². The summed E-state index contributed by atoms with van der Waals surface area (Å²) in [6.45, 7) is 1.97. The molecule has 2 rings (SSSR count). The normalized spacial score (nSPS) is 12.9. The molecular formula is C12H17ClN4S. The van der Waals surface area contributed by atoms with E-state index in [0.29, 0.717) is 5.15 Å².